The molecule has 0 spiro atoms. The first kappa shape index (κ1) is 86.4. The number of amides is 8. The number of unbranched alkanes of at least 4 members (excludes halogenated alkanes) is 5. The number of carbonyl (C=O) groups excluding carboxylic acids is 8. The van der Waals surface area contributed by atoms with Crippen molar-refractivity contribution in [1.82, 2.24) is 42.5 Å². The van der Waals surface area contributed by atoms with Gasteiger partial charge in [-0.3, -0.25) is 47.4 Å². The number of rotatable bonds is 50. The summed E-state index contributed by atoms with van der Waals surface area (Å²) in [5.41, 5.74) is 0. The molecule has 0 aromatic heterocycles. The van der Waals surface area contributed by atoms with E-state index in [1.807, 2.05) is 0 Å². The number of carbonyl (C=O) groups is 8. The average Bonchev–Trinajstić information content (AvgIpc) is 0.834. The standard InChI is InChI=1S/C58H105N8O30P/c1-34(70)62-45-51(79)48(76)39(31-67)94-56(45)90-28-25-87-22-15-42(73)59-18-10-7-13-37(54(82)61-20-9-5-6-12-21-93-97(84,85)86-4)66-55(83)38(65-44(75)17-24-89-27-30-92-58-47(64-36(3)72)53(81)50(78)41(33-69)96-58)14-8-11-19-60-43(74)16-23-88-26-29-91-57-46(63-35(2)71)52(80)49(77)40(32-68)95-57/h37-41,45-53,56-58,67-69,76-81H,5-33H2,1-4H3,(H,59,73)(H,60,74)(H,61,82)(H,62,70)(H,63,71)(H,64,72)(H,65,75)(H,66,83)(H,84,85)/t37-,38-,39?,40?,41?,45?,46?,47?,48?,49?,50?,51?,52?,53?,56?,57?,58?/m0/s1. The predicted octanol–water partition coefficient (Wildman–Crippen LogP) is -6.93. The minimum Gasteiger partial charge on any atom is -0.394 e. The highest BCUT2D eigenvalue weighted by molar-refractivity contribution is 7.47. The minimum absolute atomic E-state index is 0.0244. The Bertz CT molecular complexity index is 2380. The molecule has 97 heavy (non-hydrogen) atoms. The number of hydrogen-bond acceptors (Lipinski definition) is 29. The molecule has 0 aromatic carbocycles. The van der Waals surface area contributed by atoms with E-state index in [0.717, 1.165) is 7.11 Å². The van der Waals surface area contributed by atoms with Gasteiger partial charge in [0, 0.05) is 66.8 Å². The Kier molecular flexibility index (Phi) is 42.8. The number of phosphoric ester groups is 1. The normalized spacial score (nSPS) is 26.9. The molecule has 18 N–H and O–H groups in total. The molecular weight excluding hydrogens is 1320 g/mol. The van der Waals surface area contributed by atoms with E-state index in [1.54, 1.807) is 0 Å². The Balaban J connectivity index is 1.60. The van der Waals surface area contributed by atoms with Gasteiger partial charge in [0.1, 0.15) is 85.1 Å². The van der Waals surface area contributed by atoms with Crippen molar-refractivity contribution in [2.24, 2.45) is 0 Å². The highest BCUT2D eigenvalue weighted by atomic mass is 31.2. The summed E-state index contributed by atoms with van der Waals surface area (Å²) in [6, 6.07) is -5.84. The topological polar surface area (TPSA) is 554 Å². The van der Waals surface area contributed by atoms with Gasteiger partial charge in [-0.1, -0.05) is 12.8 Å². The molecule has 3 rings (SSSR count). The number of hydrogen-bond donors (Lipinski definition) is 18. The largest absolute Gasteiger partial charge is 0.471 e. The van der Waals surface area contributed by atoms with Crippen LogP contribution in [0.15, 0.2) is 0 Å². The second-order valence-corrected chi connectivity index (χ2v) is 24.6. The molecule has 0 saturated carbocycles. The quantitative estimate of drug-likeness (QED) is 0.0199. The fraction of sp³-hybridized carbons (Fsp3) is 0.862. The lowest BCUT2D eigenvalue weighted by Gasteiger charge is -2.42. The van der Waals surface area contributed by atoms with E-state index in [9.17, 15) is 93.8 Å². The number of phosphoric acid groups is 1. The molecule has 562 valence electrons. The lowest BCUT2D eigenvalue weighted by atomic mass is 9.97. The van der Waals surface area contributed by atoms with Crippen LogP contribution in [0.25, 0.3) is 0 Å². The summed E-state index contributed by atoms with van der Waals surface area (Å²) in [5.74, 6) is -4.24. The lowest BCUT2D eigenvalue weighted by Crippen LogP contribution is -2.64. The van der Waals surface area contributed by atoms with Crippen LogP contribution in [0.1, 0.15) is 104 Å². The maximum absolute atomic E-state index is 14.2. The third kappa shape index (κ3) is 33.5. The van der Waals surface area contributed by atoms with Gasteiger partial charge in [-0.2, -0.15) is 0 Å². The number of nitrogens with one attached hydrogen (secondary N) is 8. The Labute approximate surface area is 562 Å². The fourth-order valence-corrected chi connectivity index (χ4v) is 10.6. The van der Waals surface area contributed by atoms with Gasteiger partial charge < -0.3 is 136 Å². The molecule has 38 nitrogen and oxygen atoms in total. The zero-order valence-electron chi connectivity index (χ0n) is 55.4. The first-order chi connectivity index (χ1) is 46.3. The number of aliphatic hydroxyl groups excluding tert-OH is 9. The van der Waals surface area contributed by atoms with Gasteiger partial charge >= 0.3 is 7.82 Å². The van der Waals surface area contributed by atoms with Gasteiger partial charge in [0.15, 0.2) is 18.9 Å². The van der Waals surface area contributed by atoms with E-state index in [-0.39, 0.29) is 136 Å². The Morgan fingerprint density at radius 2 is 0.773 bits per heavy atom. The van der Waals surface area contributed by atoms with Crippen molar-refractivity contribution in [2.75, 3.05) is 113 Å². The van der Waals surface area contributed by atoms with Crippen molar-refractivity contribution in [2.45, 2.75) is 208 Å². The zero-order chi connectivity index (χ0) is 71.9. The third-order valence-corrected chi connectivity index (χ3v) is 16.3. The maximum Gasteiger partial charge on any atom is 0.471 e. The lowest BCUT2D eigenvalue weighted by molar-refractivity contribution is -0.272. The summed E-state index contributed by atoms with van der Waals surface area (Å²) < 4.78 is 71.0. The smallest absolute Gasteiger partial charge is 0.394 e. The molecule has 0 aliphatic carbocycles. The molecule has 3 fully saturated rings. The van der Waals surface area contributed by atoms with E-state index in [4.69, 9.17) is 47.2 Å². The molecule has 0 aromatic rings. The van der Waals surface area contributed by atoms with Crippen molar-refractivity contribution >= 4 is 55.1 Å². The van der Waals surface area contributed by atoms with Crippen LogP contribution >= 0.6 is 7.82 Å². The second kappa shape index (κ2) is 48.1. The van der Waals surface area contributed by atoms with E-state index in [2.05, 4.69) is 47.1 Å². The monoisotopic (exact) mass is 1420 g/mol. The van der Waals surface area contributed by atoms with E-state index < -0.39 is 167 Å². The van der Waals surface area contributed by atoms with Crippen molar-refractivity contribution in [3.8, 4) is 0 Å². The second-order valence-electron chi connectivity index (χ2n) is 23.1. The zero-order valence-corrected chi connectivity index (χ0v) is 56.3. The molecule has 0 radical (unpaired) electrons. The maximum atomic E-state index is 14.2. The van der Waals surface area contributed by atoms with E-state index in [1.165, 1.54) is 20.8 Å². The first-order valence-electron chi connectivity index (χ1n) is 32.5. The molecule has 16 unspecified atom stereocenters. The summed E-state index contributed by atoms with van der Waals surface area (Å²) in [4.78, 5) is 112. The Morgan fingerprint density at radius 3 is 1.14 bits per heavy atom. The van der Waals surface area contributed by atoms with E-state index in [0.29, 0.717) is 44.9 Å². The molecule has 0 bridgehead atoms. The molecule has 3 aliphatic rings. The first-order valence-corrected chi connectivity index (χ1v) is 34.0. The van der Waals surface area contributed by atoms with Gasteiger partial charge in [-0.05, 0) is 51.4 Å². The number of aliphatic hydroxyl groups is 9. The van der Waals surface area contributed by atoms with Crippen LogP contribution in [0.2, 0.25) is 0 Å². The van der Waals surface area contributed by atoms with Crippen LogP contribution < -0.4 is 42.5 Å². The Hall–Kier alpha value is -4.85. The summed E-state index contributed by atoms with van der Waals surface area (Å²) in [5, 5.41) is 112. The molecule has 39 heteroatoms. The molecule has 3 saturated heterocycles. The van der Waals surface area contributed by atoms with Gasteiger partial charge in [0.05, 0.1) is 85.9 Å². The number of ether oxygens (including phenoxy) is 9. The van der Waals surface area contributed by atoms with Crippen molar-refractivity contribution in [3.05, 3.63) is 0 Å². The average molecular weight is 1430 g/mol. The van der Waals surface area contributed by atoms with Crippen molar-refractivity contribution < 1.29 is 145 Å². The third-order valence-electron chi connectivity index (χ3n) is 15.3. The van der Waals surface area contributed by atoms with Crippen molar-refractivity contribution in [1.29, 1.82) is 0 Å². The minimum atomic E-state index is -4.14. The summed E-state index contributed by atoms with van der Waals surface area (Å²) in [7, 11) is -3.09. The van der Waals surface area contributed by atoms with Crippen LogP contribution in [0.3, 0.4) is 0 Å². The SMILES string of the molecule is COP(=O)(O)OCCCCCCNC(=O)[C@H](CCCCNC(=O)CCOCCOC1OC(CO)C(O)C(O)C1NC(C)=O)NC(=O)[C@H](CCCCNC(=O)CCOCCOC1OC(CO)C(O)C(O)C1NC(C)=O)NC(=O)CCOCCOC1OC(CO)C(O)C(O)C1NC(C)=O. The summed E-state index contributed by atoms with van der Waals surface area (Å²) >= 11 is 0. The molecule has 3 heterocycles. The van der Waals surface area contributed by atoms with Gasteiger partial charge in [-0.25, -0.2) is 4.57 Å². The summed E-state index contributed by atoms with van der Waals surface area (Å²) in [6.45, 7) is 1.31. The molecule has 8 amide bonds. The fourth-order valence-electron chi connectivity index (χ4n) is 10.1. The molecule has 18 atom stereocenters. The predicted molar refractivity (Wildman–Crippen MR) is 332 cm³/mol. The van der Waals surface area contributed by atoms with Crippen LogP contribution in [0.4, 0.5) is 0 Å². The van der Waals surface area contributed by atoms with Gasteiger partial charge in [0.25, 0.3) is 0 Å². The van der Waals surface area contributed by atoms with Crippen LogP contribution in [0, 0.1) is 0 Å². The van der Waals surface area contributed by atoms with Crippen LogP contribution in [-0.2, 0) is 94.6 Å². The van der Waals surface area contributed by atoms with Gasteiger partial charge in [-0.15, -0.1) is 0 Å². The van der Waals surface area contributed by atoms with Crippen molar-refractivity contribution in [3.63, 3.8) is 0 Å². The highest BCUT2D eigenvalue weighted by Gasteiger charge is 2.48. The summed E-state index contributed by atoms with van der Waals surface area (Å²) in [6.07, 6.45) is -13.3. The van der Waals surface area contributed by atoms with Gasteiger partial charge in [0.2, 0.25) is 47.3 Å². The van der Waals surface area contributed by atoms with E-state index >= 15 is 0 Å². The molecular formula is C58H105N8O30P. The van der Waals surface area contributed by atoms with Crippen LogP contribution in [-0.4, -0.2) is 315 Å². The van der Waals surface area contributed by atoms with Crippen LogP contribution in [0.5, 0.6) is 0 Å². The highest BCUT2D eigenvalue weighted by Crippen LogP contribution is 2.42. The Morgan fingerprint density at radius 1 is 0.423 bits per heavy atom. The molecule has 3 aliphatic heterocycles.